The van der Waals surface area contributed by atoms with E-state index < -0.39 is 5.91 Å². The van der Waals surface area contributed by atoms with E-state index in [1.807, 2.05) is 6.07 Å². The van der Waals surface area contributed by atoms with E-state index in [0.29, 0.717) is 10.6 Å². The fourth-order valence-electron chi connectivity index (χ4n) is 1.32. The SMILES string of the molecule is N#Cc1cn[nH]c1NC(=O)c1ccc(Br)cc1Cl. The summed E-state index contributed by atoms with van der Waals surface area (Å²) in [4.78, 5) is 11.9. The molecule has 0 aliphatic carbocycles. The zero-order chi connectivity index (χ0) is 13.1. The van der Waals surface area contributed by atoms with E-state index >= 15 is 0 Å². The predicted molar refractivity (Wildman–Crippen MR) is 70.4 cm³/mol. The highest BCUT2D eigenvalue weighted by Crippen LogP contribution is 2.22. The van der Waals surface area contributed by atoms with Crippen LogP contribution >= 0.6 is 27.5 Å². The number of carbonyl (C=O) groups excluding carboxylic acids is 1. The highest BCUT2D eigenvalue weighted by molar-refractivity contribution is 9.10. The first kappa shape index (κ1) is 12.6. The summed E-state index contributed by atoms with van der Waals surface area (Å²) in [7, 11) is 0. The number of halogens is 2. The third-order valence-electron chi connectivity index (χ3n) is 2.17. The lowest BCUT2D eigenvalue weighted by Gasteiger charge is -2.05. The first-order chi connectivity index (χ1) is 8.61. The van der Waals surface area contributed by atoms with Gasteiger partial charge in [0.25, 0.3) is 5.91 Å². The number of aromatic amines is 1. The van der Waals surface area contributed by atoms with E-state index in [1.54, 1.807) is 18.2 Å². The van der Waals surface area contributed by atoms with E-state index in [-0.39, 0.29) is 11.4 Å². The van der Waals surface area contributed by atoms with Crippen LogP contribution in [0.5, 0.6) is 0 Å². The number of nitriles is 1. The topological polar surface area (TPSA) is 81.6 Å². The van der Waals surface area contributed by atoms with Gasteiger partial charge in [-0.3, -0.25) is 9.89 Å². The summed E-state index contributed by atoms with van der Waals surface area (Å²) in [6.45, 7) is 0. The number of benzene rings is 1. The van der Waals surface area contributed by atoms with Crippen LogP contribution in [-0.2, 0) is 0 Å². The molecule has 1 aromatic heterocycles. The minimum absolute atomic E-state index is 0.251. The lowest BCUT2D eigenvalue weighted by atomic mass is 10.2. The number of amides is 1. The molecule has 0 saturated heterocycles. The van der Waals surface area contributed by atoms with Crippen LogP contribution in [0.2, 0.25) is 5.02 Å². The Morgan fingerprint density at radius 1 is 1.56 bits per heavy atom. The molecule has 0 atom stereocenters. The number of H-pyrrole nitrogens is 1. The van der Waals surface area contributed by atoms with Crippen molar-refractivity contribution < 1.29 is 4.79 Å². The van der Waals surface area contributed by atoms with Gasteiger partial charge in [-0.1, -0.05) is 27.5 Å². The Bertz CT molecular complexity index is 647. The highest BCUT2D eigenvalue weighted by atomic mass is 79.9. The van der Waals surface area contributed by atoms with Gasteiger partial charge < -0.3 is 5.32 Å². The van der Waals surface area contributed by atoms with Crippen LogP contribution in [0.4, 0.5) is 5.82 Å². The Morgan fingerprint density at radius 2 is 2.33 bits per heavy atom. The van der Waals surface area contributed by atoms with Crippen molar-refractivity contribution >= 4 is 39.3 Å². The van der Waals surface area contributed by atoms with Crippen molar-refractivity contribution in [3.63, 3.8) is 0 Å². The molecular weight excluding hydrogens is 320 g/mol. The molecule has 0 bridgehead atoms. The molecular formula is C11H6BrClN4O. The Kier molecular flexibility index (Phi) is 3.65. The van der Waals surface area contributed by atoms with Crippen molar-refractivity contribution in [2.75, 3.05) is 5.32 Å². The van der Waals surface area contributed by atoms with Crippen LogP contribution in [-0.4, -0.2) is 16.1 Å². The number of rotatable bonds is 2. The third kappa shape index (κ3) is 2.53. The third-order valence-corrected chi connectivity index (χ3v) is 2.98. The summed E-state index contributed by atoms with van der Waals surface area (Å²) >= 11 is 9.21. The van der Waals surface area contributed by atoms with Crippen LogP contribution in [0.3, 0.4) is 0 Å². The van der Waals surface area contributed by atoms with Crippen LogP contribution < -0.4 is 5.32 Å². The van der Waals surface area contributed by atoms with Gasteiger partial charge >= 0.3 is 0 Å². The number of nitrogens with zero attached hydrogens (tertiary/aromatic N) is 2. The molecule has 2 aromatic rings. The van der Waals surface area contributed by atoms with Gasteiger partial charge in [-0.25, -0.2) is 0 Å². The van der Waals surface area contributed by atoms with Crippen LogP contribution in [0.15, 0.2) is 28.9 Å². The molecule has 1 amide bonds. The average molecular weight is 326 g/mol. The lowest BCUT2D eigenvalue weighted by Crippen LogP contribution is -2.13. The van der Waals surface area contributed by atoms with E-state index in [2.05, 4.69) is 31.4 Å². The van der Waals surface area contributed by atoms with Crippen LogP contribution in [0, 0.1) is 11.3 Å². The van der Waals surface area contributed by atoms with Crippen molar-refractivity contribution in [2.45, 2.75) is 0 Å². The van der Waals surface area contributed by atoms with Crippen molar-refractivity contribution in [1.82, 2.24) is 10.2 Å². The maximum Gasteiger partial charge on any atom is 0.258 e. The summed E-state index contributed by atoms with van der Waals surface area (Å²) in [5, 5.41) is 17.9. The second-order valence-electron chi connectivity index (χ2n) is 3.35. The van der Waals surface area contributed by atoms with Crippen molar-refractivity contribution in [2.24, 2.45) is 0 Å². The Balaban J connectivity index is 2.25. The van der Waals surface area contributed by atoms with Crippen molar-refractivity contribution in [3.8, 4) is 6.07 Å². The van der Waals surface area contributed by atoms with Crippen molar-refractivity contribution in [3.05, 3.63) is 45.0 Å². The molecule has 0 aliphatic rings. The summed E-state index contributed by atoms with van der Waals surface area (Å²) in [5.41, 5.74) is 0.579. The van der Waals surface area contributed by atoms with Crippen molar-refractivity contribution in [1.29, 1.82) is 5.26 Å². The average Bonchev–Trinajstić information content (AvgIpc) is 2.76. The maximum absolute atomic E-state index is 11.9. The number of nitrogens with one attached hydrogen (secondary N) is 2. The first-order valence-electron chi connectivity index (χ1n) is 4.81. The Morgan fingerprint density at radius 3 is 3.00 bits per heavy atom. The molecule has 2 N–H and O–H groups in total. The zero-order valence-corrected chi connectivity index (χ0v) is 11.2. The second kappa shape index (κ2) is 5.21. The van der Waals surface area contributed by atoms with E-state index in [4.69, 9.17) is 16.9 Å². The van der Waals surface area contributed by atoms with Gasteiger partial charge in [-0.15, -0.1) is 0 Å². The van der Waals surface area contributed by atoms with E-state index in [1.165, 1.54) is 6.20 Å². The Hall–Kier alpha value is -1.84. The van der Waals surface area contributed by atoms with E-state index in [0.717, 1.165) is 4.47 Å². The lowest BCUT2D eigenvalue weighted by molar-refractivity contribution is 0.102. The summed E-state index contributed by atoms with van der Waals surface area (Å²) < 4.78 is 0.781. The number of hydrogen-bond acceptors (Lipinski definition) is 3. The van der Waals surface area contributed by atoms with Crippen LogP contribution in [0.25, 0.3) is 0 Å². The minimum Gasteiger partial charge on any atom is -0.306 e. The number of anilines is 1. The molecule has 7 heteroatoms. The monoisotopic (exact) mass is 324 g/mol. The smallest absolute Gasteiger partial charge is 0.258 e. The standard InChI is InChI=1S/C11H6BrClN4O/c12-7-1-2-8(9(13)3-7)11(18)16-10-6(4-14)5-15-17-10/h1-3,5H,(H2,15,16,17,18). The predicted octanol–water partition coefficient (Wildman–Crippen LogP) is 2.95. The van der Waals surface area contributed by atoms with Gasteiger partial charge in [0.15, 0.2) is 0 Å². The summed E-state index contributed by atoms with van der Waals surface area (Å²) in [6.07, 6.45) is 1.33. The fourth-order valence-corrected chi connectivity index (χ4v) is 2.08. The molecule has 90 valence electrons. The molecule has 1 aromatic carbocycles. The normalized spacial score (nSPS) is 9.83. The van der Waals surface area contributed by atoms with Gasteiger partial charge in [-0.05, 0) is 18.2 Å². The van der Waals surface area contributed by atoms with E-state index in [9.17, 15) is 4.79 Å². The summed E-state index contributed by atoms with van der Waals surface area (Å²) in [5.74, 6) is -0.158. The largest absolute Gasteiger partial charge is 0.306 e. The summed E-state index contributed by atoms with van der Waals surface area (Å²) in [6, 6.07) is 6.82. The molecule has 0 aliphatic heterocycles. The zero-order valence-electron chi connectivity index (χ0n) is 8.87. The number of aromatic nitrogens is 2. The molecule has 18 heavy (non-hydrogen) atoms. The first-order valence-corrected chi connectivity index (χ1v) is 5.99. The molecule has 0 radical (unpaired) electrons. The Labute approximate surface area is 116 Å². The van der Waals surface area contributed by atoms with Gasteiger partial charge in [0.1, 0.15) is 17.5 Å². The van der Waals surface area contributed by atoms with Gasteiger partial charge in [0, 0.05) is 4.47 Å². The second-order valence-corrected chi connectivity index (χ2v) is 4.67. The fraction of sp³-hybridized carbons (Fsp3) is 0. The maximum atomic E-state index is 11.9. The molecule has 1 heterocycles. The molecule has 0 spiro atoms. The molecule has 0 fully saturated rings. The van der Waals surface area contributed by atoms with Gasteiger partial charge in [0.05, 0.1) is 16.8 Å². The molecule has 0 unspecified atom stereocenters. The molecule has 0 saturated carbocycles. The highest BCUT2D eigenvalue weighted by Gasteiger charge is 2.13. The number of hydrogen-bond donors (Lipinski definition) is 2. The van der Waals surface area contributed by atoms with Gasteiger partial charge in [0.2, 0.25) is 0 Å². The molecule has 5 nitrogen and oxygen atoms in total. The van der Waals surface area contributed by atoms with Gasteiger partial charge in [-0.2, -0.15) is 10.4 Å². The quantitative estimate of drug-likeness (QED) is 0.890. The minimum atomic E-state index is -0.409. The number of carbonyl (C=O) groups is 1. The van der Waals surface area contributed by atoms with Crippen LogP contribution in [0.1, 0.15) is 15.9 Å². The molecule has 2 rings (SSSR count).